The summed E-state index contributed by atoms with van der Waals surface area (Å²) in [6.45, 7) is 4.90. The molecule has 0 atom stereocenters. The molecule has 0 unspecified atom stereocenters. The van der Waals surface area contributed by atoms with Gasteiger partial charge in [-0.2, -0.15) is 5.10 Å². The maximum absolute atomic E-state index is 12.3. The van der Waals surface area contributed by atoms with Gasteiger partial charge in [0, 0.05) is 23.8 Å². The summed E-state index contributed by atoms with van der Waals surface area (Å²) in [4.78, 5) is 16.6. The molecule has 25 heavy (non-hydrogen) atoms. The summed E-state index contributed by atoms with van der Waals surface area (Å²) >= 11 is 0. The van der Waals surface area contributed by atoms with Crippen LogP contribution in [0.3, 0.4) is 0 Å². The molecular weight excluding hydrogens is 316 g/mol. The van der Waals surface area contributed by atoms with Crippen LogP contribution in [0.1, 0.15) is 35.0 Å². The molecule has 2 heterocycles. The second-order valence-electron chi connectivity index (χ2n) is 5.84. The van der Waals surface area contributed by atoms with Crippen LogP contribution in [0.2, 0.25) is 0 Å². The SMILES string of the molecule is CCOC(=O)c1cnc2ccccc2c1NCCCc1cn[nH]c1C. The third-order valence-corrected chi connectivity index (χ3v) is 4.13. The monoisotopic (exact) mass is 338 g/mol. The van der Waals surface area contributed by atoms with Gasteiger partial charge in [-0.1, -0.05) is 18.2 Å². The molecule has 3 aromatic rings. The van der Waals surface area contributed by atoms with Crippen molar-refractivity contribution in [1.29, 1.82) is 0 Å². The fourth-order valence-electron chi connectivity index (χ4n) is 2.82. The summed E-state index contributed by atoms with van der Waals surface area (Å²) in [6.07, 6.45) is 5.30. The van der Waals surface area contributed by atoms with Crippen molar-refractivity contribution in [3.8, 4) is 0 Å². The maximum Gasteiger partial charge on any atom is 0.341 e. The zero-order chi connectivity index (χ0) is 17.6. The Bertz CT molecular complexity index is 873. The smallest absolute Gasteiger partial charge is 0.341 e. The van der Waals surface area contributed by atoms with Crippen LogP contribution in [0.5, 0.6) is 0 Å². The van der Waals surface area contributed by atoms with Crippen molar-refractivity contribution in [2.75, 3.05) is 18.5 Å². The zero-order valence-electron chi connectivity index (χ0n) is 14.5. The number of hydrogen-bond donors (Lipinski definition) is 2. The van der Waals surface area contributed by atoms with E-state index in [4.69, 9.17) is 4.74 Å². The number of anilines is 1. The minimum atomic E-state index is -0.353. The molecule has 0 saturated heterocycles. The molecule has 1 aromatic carbocycles. The standard InChI is InChI=1S/C19H22N4O2/c1-3-25-19(24)16-12-21-17-9-5-4-8-15(17)18(16)20-10-6-7-14-11-22-23-13(14)2/h4-5,8-9,11-12H,3,6-7,10H2,1-2H3,(H,20,21)(H,22,23). The molecule has 2 aromatic heterocycles. The van der Waals surface area contributed by atoms with Crippen LogP contribution in [0.25, 0.3) is 10.9 Å². The minimum absolute atomic E-state index is 0.338. The number of para-hydroxylation sites is 1. The fraction of sp³-hybridized carbons (Fsp3) is 0.316. The molecule has 0 saturated carbocycles. The zero-order valence-corrected chi connectivity index (χ0v) is 14.5. The van der Waals surface area contributed by atoms with Crippen LogP contribution >= 0.6 is 0 Å². The first kappa shape index (κ1) is 17.0. The number of nitrogens with zero attached hydrogens (tertiary/aromatic N) is 2. The molecule has 0 aliphatic heterocycles. The summed E-state index contributed by atoms with van der Waals surface area (Å²) in [5.74, 6) is -0.353. The molecule has 6 heteroatoms. The molecule has 0 aliphatic rings. The number of aromatic amines is 1. The molecule has 0 spiro atoms. The Morgan fingerprint density at radius 1 is 1.28 bits per heavy atom. The summed E-state index contributed by atoms with van der Waals surface area (Å²) in [5, 5.41) is 11.3. The molecule has 0 aliphatic carbocycles. The fourth-order valence-corrected chi connectivity index (χ4v) is 2.82. The number of H-pyrrole nitrogens is 1. The van der Waals surface area contributed by atoms with Gasteiger partial charge in [0.25, 0.3) is 0 Å². The number of hydrogen-bond acceptors (Lipinski definition) is 5. The van der Waals surface area contributed by atoms with E-state index in [1.54, 1.807) is 13.1 Å². The van der Waals surface area contributed by atoms with E-state index in [-0.39, 0.29) is 5.97 Å². The van der Waals surface area contributed by atoms with Gasteiger partial charge in [0.15, 0.2) is 0 Å². The Kier molecular flexibility index (Phi) is 5.28. The number of aryl methyl sites for hydroxylation is 2. The lowest BCUT2D eigenvalue weighted by atomic mass is 10.1. The lowest BCUT2D eigenvalue weighted by Crippen LogP contribution is -2.12. The van der Waals surface area contributed by atoms with Crippen LogP contribution in [0, 0.1) is 6.92 Å². The average molecular weight is 338 g/mol. The Labute approximate surface area is 146 Å². The van der Waals surface area contributed by atoms with E-state index in [9.17, 15) is 4.79 Å². The molecule has 6 nitrogen and oxygen atoms in total. The first-order valence-electron chi connectivity index (χ1n) is 8.48. The van der Waals surface area contributed by atoms with Gasteiger partial charge in [0.05, 0.1) is 24.0 Å². The molecule has 0 radical (unpaired) electrons. The molecule has 0 fully saturated rings. The van der Waals surface area contributed by atoms with E-state index in [2.05, 4.69) is 20.5 Å². The number of benzene rings is 1. The van der Waals surface area contributed by atoms with Crippen LogP contribution < -0.4 is 5.32 Å². The van der Waals surface area contributed by atoms with E-state index in [0.717, 1.165) is 41.7 Å². The van der Waals surface area contributed by atoms with Crippen molar-refractivity contribution in [2.24, 2.45) is 0 Å². The van der Waals surface area contributed by atoms with Gasteiger partial charge in [0.1, 0.15) is 5.56 Å². The van der Waals surface area contributed by atoms with Crippen LogP contribution in [0.4, 0.5) is 5.69 Å². The van der Waals surface area contributed by atoms with Crippen molar-refractivity contribution in [3.05, 3.63) is 53.5 Å². The Hall–Kier alpha value is -2.89. The van der Waals surface area contributed by atoms with Crippen LogP contribution in [-0.4, -0.2) is 34.3 Å². The van der Waals surface area contributed by atoms with Gasteiger partial charge in [-0.15, -0.1) is 0 Å². The van der Waals surface area contributed by atoms with Gasteiger partial charge < -0.3 is 10.1 Å². The minimum Gasteiger partial charge on any atom is -0.462 e. The first-order chi connectivity index (χ1) is 12.2. The summed E-state index contributed by atoms with van der Waals surface area (Å²) < 4.78 is 5.17. The molecule has 130 valence electrons. The van der Waals surface area contributed by atoms with E-state index in [0.29, 0.717) is 12.2 Å². The molecule has 0 bridgehead atoms. The lowest BCUT2D eigenvalue weighted by Gasteiger charge is -2.14. The van der Waals surface area contributed by atoms with Gasteiger partial charge in [-0.3, -0.25) is 10.1 Å². The van der Waals surface area contributed by atoms with E-state index in [1.807, 2.05) is 37.4 Å². The Balaban J connectivity index is 1.78. The van der Waals surface area contributed by atoms with Crippen molar-refractivity contribution in [1.82, 2.24) is 15.2 Å². The quantitative estimate of drug-likeness (QED) is 0.509. The van der Waals surface area contributed by atoms with Crippen molar-refractivity contribution in [3.63, 3.8) is 0 Å². The molecule has 3 rings (SSSR count). The average Bonchev–Trinajstić information content (AvgIpc) is 3.03. The highest BCUT2D eigenvalue weighted by Crippen LogP contribution is 2.26. The number of fused-ring (bicyclic) bond motifs is 1. The van der Waals surface area contributed by atoms with Gasteiger partial charge >= 0.3 is 5.97 Å². The number of aromatic nitrogens is 3. The van der Waals surface area contributed by atoms with Gasteiger partial charge in [-0.05, 0) is 38.3 Å². The van der Waals surface area contributed by atoms with Gasteiger partial charge in [-0.25, -0.2) is 4.79 Å². The number of ether oxygens (including phenoxy) is 1. The Morgan fingerprint density at radius 3 is 2.88 bits per heavy atom. The largest absolute Gasteiger partial charge is 0.462 e. The van der Waals surface area contributed by atoms with E-state index in [1.165, 1.54) is 5.56 Å². The predicted octanol–water partition coefficient (Wildman–Crippen LogP) is 3.49. The third-order valence-electron chi connectivity index (χ3n) is 4.13. The number of carbonyl (C=O) groups is 1. The third kappa shape index (κ3) is 3.79. The molecule has 0 amide bonds. The maximum atomic E-state index is 12.3. The van der Waals surface area contributed by atoms with Crippen molar-refractivity contribution < 1.29 is 9.53 Å². The number of esters is 1. The normalized spacial score (nSPS) is 10.8. The highest BCUT2D eigenvalue weighted by Gasteiger charge is 2.16. The topological polar surface area (TPSA) is 79.9 Å². The van der Waals surface area contributed by atoms with Crippen molar-refractivity contribution in [2.45, 2.75) is 26.7 Å². The van der Waals surface area contributed by atoms with E-state index >= 15 is 0 Å². The number of rotatable bonds is 7. The lowest BCUT2D eigenvalue weighted by molar-refractivity contribution is 0.0527. The van der Waals surface area contributed by atoms with Crippen molar-refractivity contribution >= 4 is 22.6 Å². The summed E-state index contributed by atoms with van der Waals surface area (Å²) in [7, 11) is 0. The van der Waals surface area contributed by atoms with Crippen LogP contribution in [0.15, 0.2) is 36.7 Å². The summed E-state index contributed by atoms with van der Waals surface area (Å²) in [6, 6.07) is 7.78. The molecule has 2 N–H and O–H groups in total. The highest BCUT2D eigenvalue weighted by molar-refractivity contribution is 6.04. The second kappa shape index (κ2) is 7.79. The number of nitrogens with one attached hydrogen (secondary N) is 2. The predicted molar refractivity (Wildman–Crippen MR) is 97.8 cm³/mol. The van der Waals surface area contributed by atoms with Gasteiger partial charge in [0.2, 0.25) is 0 Å². The number of pyridine rings is 1. The highest BCUT2D eigenvalue weighted by atomic mass is 16.5. The first-order valence-corrected chi connectivity index (χ1v) is 8.48. The van der Waals surface area contributed by atoms with Crippen LogP contribution in [-0.2, 0) is 11.2 Å². The number of carbonyl (C=O) groups excluding carboxylic acids is 1. The molecular formula is C19H22N4O2. The summed E-state index contributed by atoms with van der Waals surface area (Å²) in [5.41, 5.74) is 4.42. The second-order valence-corrected chi connectivity index (χ2v) is 5.84. The Morgan fingerprint density at radius 2 is 2.12 bits per heavy atom. The van der Waals surface area contributed by atoms with E-state index < -0.39 is 0 Å².